The van der Waals surface area contributed by atoms with Crippen LogP contribution >= 0.6 is 0 Å². The molecule has 24 heteroatoms. The summed E-state index contributed by atoms with van der Waals surface area (Å²) >= 11 is 0. The standard InChI is InChI=1S/C15H27NO2.C15H25NO2.C14H25NO2.C14H23NO2.2C12H21NO2.C11H19NO2.C11H17NO2/c2*1-4-11-16(15(18)14(2)3)12-9-7-5-6-8-10-13-17;2*1-3-11-15(14(17)4-2)12-9-7-5-6-8-10-13-16;2*1-4-8-13(12(15)11(2)3)9-6-5-7-10-14;2*1-3-8-12(11(14)4-2)9-6-5-7-10-13/h4,17H,1-2,5-13H2,3H3;4,7,9,17H,1-2,5-6,8,10-13H2,3H3;3-4,16H,1-2,5-13H2;3-4,7,9,16H,1-2,5-6,8,10-13H2;2*4,14H,1-2,5-10H2,3H3;3-4,13H,1-2,5-10H2;3-6,13H,1-2,7-10H2/b;9-7+;;9-7+;;;;6-5+. The molecule has 0 saturated carbocycles. The molecular weight excluding hydrogens is 1620 g/mol. The van der Waals surface area contributed by atoms with Crippen molar-refractivity contribution in [2.45, 2.75) is 220 Å². The Balaban J connectivity index is -0.000000215. The number of unbranched alkanes of at least 4 members (excludes halogenated alkanes) is 22. The van der Waals surface area contributed by atoms with Crippen molar-refractivity contribution in [3.8, 4) is 0 Å². The number of aliphatic hydroxyl groups excluding tert-OH is 8. The van der Waals surface area contributed by atoms with Crippen LogP contribution in [0.2, 0.25) is 0 Å². The van der Waals surface area contributed by atoms with Crippen LogP contribution in [0.15, 0.2) is 237 Å². The average Bonchev–Trinajstić information content (AvgIpc) is 0.883. The molecule has 0 unspecified atom stereocenters. The Kier molecular flexibility index (Phi) is 111. The molecule has 24 nitrogen and oxygen atoms in total. The summed E-state index contributed by atoms with van der Waals surface area (Å²) in [5, 5.41) is 68.9. The minimum Gasteiger partial charge on any atom is -0.396 e. The van der Waals surface area contributed by atoms with Gasteiger partial charge in [-0.15, -0.1) is 52.6 Å². The number of amides is 8. The molecule has 8 amide bonds. The second-order valence-corrected chi connectivity index (χ2v) is 29.9. The molecule has 0 fully saturated rings. The number of carbonyl (C=O) groups excluding carboxylic acids is 8. The Morgan fingerprint density at radius 3 is 0.594 bits per heavy atom. The first-order valence-corrected chi connectivity index (χ1v) is 45.7. The summed E-state index contributed by atoms with van der Waals surface area (Å²) < 4.78 is 0. The van der Waals surface area contributed by atoms with Gasteiger partial charge < -0.3 is 80.1 Å². The molecule has 0 aromatic carbocycles. The molecule has 0 aliphatic rings. The fourth-order valence-electron chi connectivity index (χ4n) is 11.2. The monoisotopic (exact) mass is 1800 g/mol. The second-order valence-electron chi connectivity index (χ2n) is 29.9. The van der Waals surface area contributed by atoms with E-state index in [1.54, 1.807) is 116 Å². The van der Waals surface area contributed by atoms with Crippen LogP contribution in [0.3, 0.4) is 0 Å². The molecule has 0 bridgehead atoms. The van der Waals surface area contributed by atoms with Gasteiger partial charge in [0.15, 0.2) is 0 Å². The Hall–Kier alpha value is -9.50. The summed E-state index contributed by atoms with van der Waals surface area (Å²) in [6.07, 6.45) is 60.3. The minimum absolute atomic E-state index is 0.0149. The van der Waals surface area contributed by atoms with Gasteiger partial charge in [0.1, 0.15) is 0 Å². The molecule has 730 valence electrons. The lowest BCUT2D eigenvalue weighted by Gasteiger charge is -2.21. The van der Waals surface area contributed by atoms with E-state index in [9.17, 15) is 38.4 Å². The Morgan fingerprint density at radius 1 is 0.195 bits per heavy atom. The third-order valence-corrected chi connectivity index (χ3v) is 18.1. The van der Waals surface area contributed by atoms with Crippen LogP contribution in [0, 0.1) is 0 Å². The number of allylic oxidation sites excluding steroid dienone is 2. The second kappa shape index (κ2) is 106. The molecule has 0 rings (SSSR count). The van der Waals surface area contributed by atoms with Crippen molar-refractivity contribution in [1.82, 2.24) is 39.2 Å². The van der Waals surface area contributed by atoms with Crippen molar-refractivity contribution in [3.05, 3.63) is 237 Å². The van der Waals surface area contributed by atoms with Crippen molar-refractivity contribution in [2.75, 3.05) is 158 Å². The molecule has 0 aliphatic heterocycles. The fourth-order valence-corrected chi connectivity index (χ4v) is 11.2. The summed E-state index contributed by atoms with van der Waals surface area (Å²) in [6, 6.07) is 0. The highest BCUT2D eigenvalue weighted by atomic mass is 16.3. The number of hydrogen-bond donors (Lipinski definition) is 8. The first-order chi connectivity index (χ1) is 61.5. The summed E-state index contributed by atoms with van der Waals surface area (Å²) in [6.45, 7) is 76.1. The lowest BCUT2D eigenvalue weighted by atomic mass is 10.1. The maximum Gasteiger partial charge on any atom is 0.249 e. The highest BCUT2D eigenvalue weighted by molar-refractivity contribution is 5.94. The van der Waals surface area contributed by atoms with Gasteiger partial charge in [0.25, 0.3) is 0 Å². The minimum atomic E-state index is -0.112. The molecule has 0 aromatic rings. The number of carbonyl (C=O) groups is 8. The van der Waals surface area contributed by atoms with Crippen LogP contribution in [0.25, 0.3) is 0 Å². The van der Waals surface area contributed by atoms with E-state index in [1.165, 1.54) is 37.1 Å². The summed E-state index contributed by atoms with van der Waals surface area (Å²) in [4.78, 5) is 106. The van der Waals surface area contributed by atoms with Crippen molar-refractivity contribution in [2.24, 2.45) is 0 Å². The van der Waals surface area contributed by atoms with E-state index in [-0.39, 0.29) is 86.9 Å². The number of hydrogen-bond acceptors (Lipinski definition) is 16. The predicted octanol–water partition coefficient (Wildman–Crippen LogP) is 16.4. The Bertz CT molecular complexity index is 3050. The zero-order valence-electron chi connectivity index (χ0n) is 80.3. The van der Waals surface area contributed by atoms with Gasteiger partial charge in [-0.3, -0.25) is 38.4 Å². The van der Waals surface area contributed by atoms with E-state index in [0.717, 1.165) is 186 Å². The number of nitrogens with zero attached hydrogens (tertiary/aromatic N) is 8. The largest absolute Gasteiger partial charge is 0.396 e. The van der Waals surface area contributed by atoms with E-state index in [4.69, 9.17) is 40.9 Å². The zero-order valence-corrected chi connectivity index (χ0v) is 80.3. The highest BCUT2D eigenvalue weighted by Gasteiger charge is 2.16. The van der Waals surface area contributed by atoms with E-state index in [1.807, 2.05) is 24.3 Å². The molecule has 0 radical (unpaired) electrons. The smallest absolute Gasteiger partial charge is 0.249 e. The third kappa shape index (κ3) is 91.3. The number of rotatable bonds is 73. The van der Waals surface area contributed by atoms with Gasteiger partial charge in [0.2, 0.25) is 47.3 Å². The van der Waals surface area contributed by atoms with Crippen LogP contribution < -0.4 is 0 Å². The molecule has 0 aromatic heterocycles. The normalized spacial score (nSPS) is 10.0. The summed E-state index contributed by atoms with van der Waals surface area (Å²) in [5.41, 5.74) is 2.24. The molecule has 0 saturated heterocycles. The third-order valence-electron chi connectivity index (χ3n) is 18.1. The van der Waals surface area contributed by atoms with Crippen molar-refractivity contribution in [3.63, 3.8) is 0 Å². The van der Waals surface area contributed by atoms with Gasteiger partial charge in [0.05, 0.1) is 0 Å². The first kappa shape index (κ1) is 134. The molecule has 0 spiro atoms. The topological polar surface area (TPSA) is 324 Å². The van der Waals surface area contributed by atoms with Gasteiger partial charge in [-0.2, -0.15) is 0 Å². The fraction of sp³-hybridized carbons (Fsp3) is 0.558. The van der Waals surface area contributed by atoms with Crippen molar-refractivity contribution in [1.29, 1.82) is 0 Å². The van der Waals surface area contributed by atoms with E-state index < -0.39 is 0 Å². The van der Waals surface area contributed by atoms with Gasteiger partial charge in [-0.25, -0.2) is 0 Å². The van der Waals surface area contributed by atoms with Crippen LogP contribution in [-0.4, -0.2) is 285 Å². The van der Waals surface area contributed by atoms with Crippen LogP contribution in [0.4, 0.5) is 0 Å². The molecule has 0 heterocycles. The lowest BCUT2D eigenvalue weighted by molar-refractivity contribution is -0.127. The molecule has 0 atom stereocenters. The van der Waals surface area contributed by atoms with E-state index >= 15 is 0 Å². The van der Waals surface area contributed by atoms with Gasteiger partial charge >= 0.3 is 0 Å². The molecule has 8 N–H and O–H groups in total. The van der Waals surface area contributed by atoms with Crippen LogP contribution in [-0.2, 0) is 38.4 Å². The molecular formula is C104H178N8O16. The zero-order chi connectivity index (χ0) is 98.5. The summed E-state index contributed by atoms with van der Waals surface area (Å²) in [7, 11) is 0. The summed E-state index contributed by atoms with van der Waals surface area (Å²) in [5.74, 6) is -0.305. The van der Waals surface area contributed by atoms with Crippen molar-refractivity contribution >= 4 is 47.3 Å². The maximum atomic E-state index is 11.8. The Labute approximate surface area is 776 Å². The van der Waals surface area contributed by atoms with Gasteiger partial charge in [-0.1, -0.05) is 202 Å². The first-order valence-electron chi connectivity index (χ1n) is 45.7. The van der Waals surface area contributed by atoms with Gasteiger partial charge in [0, 0.05) is 180 Å². The lowest BCUT2D eigenvalue weighted by Crippen LogP contribution is -2.32. The number of aliphatic hydroxyl groups is 8. The predicted molar refractivity (Wildman–Crippen MR) is 537 cm³/mol. The molecule has 0 aliphatic carbocycles. The SMILES string of the molecule is C=CCN(C/C=C/CCCCCO)C(=O)C(=C)C.C=CCN(C/C=C/CCCCCO)C(=O)C=C.C=CCN(C/C=C/CCO)C(=O)C=C.C=CCN(CCCCCCCCO)C(=O)C(=C)C.C=CCN(CCCCCCCCO)C(=O)C=C.C=CCN(CCCCCO)C(=O)C(=C)C.C=CCN(CCCCCO)C(=O)C(=C)C.C=CCN(CCCCCO)C(=O)C=C. The highest BCUT2D eigenvalue weighted by Crippen LogP contribution is 2.12. The van der Waals surface area contributed by atoms with E-state index in [2.05, 4.69) is 117 Å². The van der Waals surface area contributed by atoms with Crippen LogP contribution in [0.5, 0.6) is 0 Å². The maximum absolute atomic E-state index is 11.8. The van der Waals surface area contributed by atoms with Crippen LogP contribution in [0.1, 0.15) is 220 Å². The molecule has 128 heavy (non-hydrogen) atoms. The Morgan fingerprint density at radius 2 is 0.367 bits per heavy atom. The van der Waals surface area contributed by atoms with Gasteiger partial charge in [-0.05, 0) is 180 Å². The van der Waals surface area contributed by atoms with E-state index in [0.29, 0.717) is 134 Å². The van der Waals surface area contributed by atoms with Crippen molar-refractivity contribution < 1.29 is 79.2 Å². The average molecular weight is 1800 g/mol. The quantitative estimate of drug-likeness (QED) is 0.0159.